The van der Waals surface area contributed by atoms with Crippen LogP contribution in [0.25, 0.3) is 0 Å². The number of hydrogen-bond acceptors (Lipinski definition) is 2. The van der Waals surface area contributed by atoms with E-state index < -0.39 is 4.93 Å². The molecule has 0 N–H and O–H groups in total. The van der Waals surface area contributed by atoms with Gasteiger partial charge in [0, 0.05) is 6.61 Å². The third-order valence-corrected chi connectivity index (χ3v) is 2.54. The molecule has 1 nitrogen and oxygen atoms in total. The van der Waals surface area contributed by atoms with Crippen LogP contribution in [0.1, 0.15) is 12.0 Å². The molecule has 0 saturated carbocycles. The molecule has 2 heteroatoms. The summed E-state index contributed by atoms with van der Waals surface area (Å²) in [7, 11) is 0. The Kier molecular flexibility index (Phi) is 1.66. The zero-order valence-electron chi connectivity index (χ0n) is 6.12. The van der Waals surface area contributed by atoms with E-state index in [9.17, 15) is 0 Å². The van der Waals surface area contributed by atoms with E-state index in [2.05, 4.69) is 0 Å². The van der Waals surface area contributed by atoms with Crippen LogP contribution in [0.15, 0.2) is 30.3 Å². The molecule has 0 radical (unpaired) electrons. The van der Waals surface area contributed by atoms with Crippen molar-refractivity contribution < 1.29 is 4.74 Å². The summed E-state index contributed by atoms with van der Waals surface area (Å²) >= 11 is 5.28. The number of benzene rings is 1. The molecule has 2 rings (SSSR count). The Morgan fingerprint density at radius 1 is 1.27 bits per heavy atom. The molecule has 1 unspecified atom stereocenters. The van der Waals surface area contributed by atoms with Crippen LogP contribution in [0.4, 0.5) is 0 Å². The second-order valence-electron chi connectivity index (χ2n) is 2.72. The van der Waals surface area contributed by atoms with Gasteiger partial charge < -0.3 is 17.4 Å². The van der Waals surface area contributed by atoms with Gasteiger partial charge in [-0.25, -0.2) is 0 Å². The first-order valence-corrected chi connectivity index (χ1v) is 4.12. The third kappa shape index (κ3) is 1.17. The molecule has 1 atom stereocenters. The first kappa shape index (κ1) is 7.19. The fourth-order valence-electron chi connectivity index (χ4n) is 1.21. The van der Waals surface area contributed by atoms with Gasteiger partial charge in [0.15, 0.2) is 0 Å². The minimum atomic E-state index is -0.402. The molecule has 0 aromatic heterocycles. The predicted molar refractivity (Wildman–Crippen MR) is 46.1 cm³/mol. The van der Waals surface area contributed by atoms with E-state index in [1.807, 2.05) is 30.3 Å². The summed E-state index contributed by atoms with van der Waals surface area (Å²) in [4.78, 5) is -0.402. The van der Waals surface area contributed by atoms with Crippen LogP contribution >= 0.6 is 0 Å². The van der Waals surface area contributed by atoms with Crippen LogP contribution in [0, 0.1) is 0 Å². The molecule has 1 heterocycles. The second kappa shape index (κ2) is 2.54. The molecule has 1 aliphatic rings. The van der Waals surface area contributed by atoms with Crippen molar-refractivity contribution in [2.24, 2.45) is 0 Å². The number of rotatable bonds is 1. The molecular formula is C9H9OS-. The van der Waals surface area contributed by atoms with Gasteiger partial charge in [0.2, 0.25) is 0 Å². The van der Waals surface area contributed by atoms with E-state index in [1.165, 1.54) is 0 Å². The van der Waals surface area contributed by atoms with Crippen molar-refractivity contribution in [3.8, 4) is 0 Å². The molecule has 0 bridgehead atoms. The summed E-state index contributed by atoms with van der Waals surface area (Å²) in [6, 6.07) is 10.0. The van der Waals surface area contributed by atoms with Crippen LogP contribution in [-0.4, -0.2) is 6.61 Å². The van der Waals surface area contributed by atoms with Gasteiger partial charge in [-0.3, -0.25) is 0 Å². The zero-order chi connectivity index (χ0) is 7.73. The lowest BCUT2D eigenvalue weighted by atomic mass is 10.0. The van der Waals surface area contributed by atoms with Gasteiger partial charge in [-0.1, -0.05) is 30.3 Å². The molecule has 1 saturated heterocycles. The van der Waals surface area contributed by atoms with Crippen LogP contribution in [-0.2, 0) is 22.3 Å². The van der Waals surface area contributed by atoms with Crippen LogP contribution in [0.3, 0.4) is 0 Å². The average molecular weight is 165 g/mol. The standard InChI is InChI=1S/C9H10OS/c11-9(6-7-10-9)8-4-2-1-3-5-8/h1-5,11H,6-7H2/p-1. The molecule has 11 heavy (non-hydrogen) atoms. The van der Waals surface area contributed by atoms with Crippen LogP contribution < -0.4 is 0 Å². The van der Waals surface area contributed by atoms with E-state index in [1.54, 1.807) is 0 Å². The van der Waals surface area contributed by atoms with E-state index in [4.69, 9.17) is 17.4 Å². The van der Waals surface area contributed by atoms with E-state index >= 15 is 0 Å². The quantitative estimate of drug-likeness (QED) is 0.587. The van der Waals surface area contributed by atoms with Gasteiger partial charge in [-0.15, -0.1) is 0 Å². The van der Waals surface area contributed by atoms with Crippen LogP contribution in [0.2, 0.25) is 0 Å². The summed E-state index contributed by atoms with van der Waals surface area (Å²) in [6.45, 7) is 0.804. The van der Waals surface area contributed by atoms with Gasteiger partial charge in [-0.2, -0.15) is 0 Å². The highest BCUT2D eigenvalue weighted by atomic mass is 32.1. The normalized spacial score (nSPS) is 29.5. The van der Waals surface area contributed by atoms with Gasteiger partial charge in [0.05, 0.1) is 0 Å². The minimum absolute atomic E-state index is 0.402. The molecule has 58 valence electrons. The Morgan fingerprint density at radius 3 is 2.36 bits per heavy atom. The van der Waals surface area contributed by atoms with Crippen molar-refractivity contribution in [3.63, 3.8) is 0 Å². The van der Waals surface area contributed by atoms with Gasteiger partial charge >= 0.3 is 0 Å². The Labute approximate surface area is 71.8 Å². The summed E-state index contributed by atoms with van der Waals surface area (Å²) in [5.74, 6) is 0. The lowest BCUT2D eigenvalue weighted by Crippen LogP contribution is -2.38. The second-order valence-corrected chi connectivity index (χ2v) is 3.38. The largest absolute Gasteiger partial charge is 0.753 e. The summed E-state index contributed by atoms with van der Waals surface area (Å²) in [5.41, 5.74) is 1.11. The Bertz CT molecular complexity index is 241. The van der Waals surface area contributed by atoms with Crippen molar-refractivity contribution in [2.45, 2.75) is 11.4 Å². The van der Waals surface area contributed by atoms with Crippen molar-refractivity contribution in [2.75, 3.05) is 6.61 Å². The highest BCUT2D eigenvalue weighted by Gasteiger charge is 2.25. The van der Waals surface area contributed by atoms with Gasteiger partial charge in [0.1, 0.15) is 0 Å². The summed E-state index contributed by atoms with van der Waals surface area (Å²) in [6.07, 6.45) is 0.965. The van der Waals surface area contributed by atoms with E-state index in [-0.39, 0.29) is 0 Å². The minimum Gasteiger partial charge on any atom is -0.753 e. The zero-order valence-corrected chi connectivity index (χ0v) is 6.93. The van der Waals surface area contributed by atoms with E-state index in [0.29, 0.717) is 0 Å². The molecule has 1 fully saturated rings. The van der Waals surface area contributed by atoms with Crippen molar-refractivity contribution >= 4 is 12.6 Å². The maximum atomic E-state index is 5.32. The lowest BCUT2D eigenvalue weighted by Gasteiger charge is -2.49. The first-order chi connectivity index (χ1) is 5.31. The first-order valence-electron chi connectivity index (χ1n) is 3.71. The van der Waals surface area contributed by atoms with Crippen LogP contribution in [0.5, 0.6) is 0 Å². The SMILES string of the molecule is [S-]C1(c2ccccc2)CCO1. The number of ether oxygens (including phenoxy) is 1. The summed E-state index contributed by atoms with van der Waals surface area (Å²) in [5, 5.41) is 0. The van der Waals surface area contributed by atoms with Crippen molar-refractivity contribution in [3.05, 3.63) is 35.9 Å². The number of hydrogen-bond donors (Lipinski definition) is 0. The van der Waals surface area contributed by atoms with E-state index in [0.717, 1.165) is 18.6 Å². The molecule has 1 aromatic carbocycles. The highest BCUT2D eigenvalue weighted by molar-refractivity contribution is 7.59. The fraction of sp³-hybridized carbons (Fsp3) is 0.333. The molecule has 1 aliphatic heterocycles. The molecule has 0 aliphatic carbocycles. The Hall–Kier alpha value is -0.470. The molecular weight excluding hydrogens is 156 g/mol. The Morgan fingerprint density at radius 2 is 1.91 bits per heavy atom. The summed E-state index contributed by atoms with van der Waals surface area (Å²) < 4.78 is 5.32. The Balaban J connectivity index is 2.29. The van der Waals surface area contributed by atoms with Crippen molar-refractivity contribution in [1.29, 1.82) is 0 Å². The molecule has 0 spiro atoms. The lowest BCUT2D eigenvalue weighted by molar-refractivity contribution is -0.0825. The third-order valence-electron chi connectivity index (χ3n) is 1.98. The van der Waals surface area contributed by atoms with Crippen molar-refractivity contribution in [1.82, 2.24) is 0 Å². The average Bonchev–Trinajstić information content (AvgIpc) is 2.02. The monoisotopic (exact) mass is 165 g/mol. The maximum absolute atomic E-state index is 5.32. The topological polar surface area (TPSA) is 9.23 Å². The fourth-order valence-corrected chi connectivity index (χ4v) is 1.51. The molecule has 1 aromatic rings. The van der Waals surface area contributed by atoms with Gasteiger partial charge in [0.25, 0.3) is 0 Å². The van der Waals surface area contributed by atoms with Gasteiger partial charge in [-0.05, 0) is 16.9 Å². The molecule has 0 amide bonds. The smallest absolute Gasteiger partial charge is 0.0462 e. The highest BCUT2D eigenvalue weighted by Crippen LogP contribution is 2.35. The predicted octanol–water partition coefficient (Wildman–Crippen LogP) is 1.81. The maximum Gasteiger partial charge on any atom is 0.0462 e.